The van der Waals surface area contributed by atoms with Crippen molar-refractivity contribution in [3.63, 3.8) is 0 Å². The van der Waals surface area contributed by atoms with E-state index in [1.165, 1.54) is 0 Å². The number of anilines is 1. The fourth-order valence-electron chi connectivity index (χ4n) is 2.93. The molecule has 0 spiro atoms. The molecule has 0 saturated carbocycles. The average molecular weight is 431 g/mol. The average Bonchev–Trinajstić information content (AvgIpc) is 2.69. The van der Waals surface area contributed by atoms with E-state index in [0.29, 0.717) is 10.8 Å². The van der Waals surface area contributed by atoms with Crippen LogP contribution < -0.4 is 10.2 Å². The van der Waals surface area contributed by atoms with Crippen molar-refractivity contribution in [2.75, 3.05) is 31.1 Å². The van der Waals surface area contributed by atoms with Gasteiger partial charge in [0, 0.05) is 46.8 Å². The molecule has 1 fully saturated rings. The Labute approximate surface area is 165 Å². The number of hydrogen-bond donors (Lipinski definition) is 1. The van der Waals surface area contributed by atoms with Crippen LogP contribution in [0.5, 0.6) is 0 Å². The summed E-state index contributed by atoms with van der Waals surface area (Å²) in [7, 11) is 0. The first-order valence-electron chi connectivity index (χ1n) is 8.43. The normalized spacial score (nSPS) is 14.5. The van der Waals surface area contributed by atoms with Crippen LogP contribution >= 0.6 is 27.5 Å². The van der Waals surface area contributed by atoms with Gasteiger partial charge in [-0.05, 0) is 24.3 Å². The molecule has 0 radical (unpaired) electrons. The zero-order valence-corrected chi connectivity index (χ0v) is 16.3. The molecule has 1 N–H and O–H groups in total. The Hall–Kier alpha value is -2.02. The maximum Gasteiger partial charge on any atom is 0.183 e. The molecular weight excluding hydrogens is 414 g/mol. The Kier molecular flexibility index (Phi) is 5.15. The van der Waals surface area contributed by atoms with Gasteiger partial charge >= 0.3 is 0 Å². The van der Waals surface area contributed by atoms with Gasteiger partial charge in [-0.3, -0.25) is 0 Å². The van der Waals surface area contributed by atoms with Crippen molar-refractivity contribution >= 4 is 33.3 Å². The van der Waals surface area contributed by atoms with Crippen LogP contribution in [0.25, 0.3) is 22.6 Å². The summed E-state index contributed by atoms with van der Waals surface area (Å²) < 4.78 is 1.02. The highest BCUT2D eigenvalue weighted by Gasteiger charge is 2.20. The van der Waals surface area contributed by atoms with Gasteiger partial charge in [0.1, 0.15) is 5.69 Å². The molecule has 0 unspecified atom stereocenters. The van der Waals surface area contributed by atoms with Crippen LogP contribution in [0.3, 0.4) is 0 Å². The second-order valence-corrected chi connectivity index (χ2v) is 7.41. The third kappa shape index (κ3) is 3.72. The van der Waals surface area contributed by atoms with Gasteiger partial charge in [-0.1, -0.05) is 51.8 Å². The minimum absolute atomic E-state index is 0.628. The van der Waals surface area contributed by atoms with E-state index >= 15 is 0 Å². The Bertz CT molecular complexity index is 893. The summed E-state index contributed by atoms with van der Waals surface area (Å²) in [5, 5.41) is 13.0. The van der Waals surface area contributed by atoms with E-state index in [1.807, 2.05) is 48.5 Å². The fourth-order valence-corrected chi connectivity index (χ4v) is 3.32. The molecule has 1 aliphatic heterocycles. The number of nitrogens with one attached hydrogen (secondary N) is 1. The Morgan fingerprint density at radius 3 is 2.23 bits per heavy atom. The van der Waals surface area contributed by atoms with Crippen molar-refractivity contribution in [2.24, 2.45) is 0 Å². The van der Waals surface area contributed by atoms with E-state index in [4.69, 9.17) is 16.6 Å². The molecule has 26 heavy (non-hydrogen) atoms. The molecule has 7 heteroatoms. The smallest absolute Gasteiger partial charge is 0.183 e. The van der Waals surface area contributed by atoms with Crippen LogP contribution in [-0.4, -0.2) is 41.4 Å². The Morgan fingerprint density at radius 1 is 0.885 bits per heavy atom. The lowest BCUT2D eigenvalue weighted by molar-refractivity contribution is 0.584. The van der Waals surface area contributed by atoms with E-state index in [1.54, 1.807) is 0 Å². The molecule has 3 aromatic rings. The first kappa shape index (κ1) is 17.4. The maximum atomic E-state index is 6.03. The second kappa shape index (κ2) is 7.70. The highest BCUT2D eigenvalue weighted by Crippen LogP contribution is 2.30. The monoisotopic (exact) mass is 429 g/mol. The standard InChI is InChI=1S/C19H17BrClN5/c20-15-5-1-14(2-6-15)18-23-19(26-11-9-22-10-12-26)17(24-25-18)13-3-7-16(21)8-4-13/h1-8,22H,9-12H2. The number of halogens is 2. The topological polar surface area (TPSA) is 53.9 Å². The lowest BCUT2D eigenvalue weighted by atomic mass is 10.1. The predicted octanol–water partition coefficient (Wildman–Crippen LogP) is 4.03. The highest BCUT2D eigenvalue weighted by molar-refractivity contribution is 9.10. The molecule has 0 bridgehead atoms. The quantitative estimate of drug-likeness (QED) is 0.680. The maximum absolute atomic E-state index is 6.03. The number of aromatic nitrogens is 3. The molecule has 1 saturated heterocycles. The molecule has 0 aliphatic carbocycles. The molecule has 2 heterocycles. The van der Waals surface area contributed by atoms with Crippen molar-refractivity contribution in [1.82, 2.24) is 20.5 Å². The number of hydrogen-bond acceptors (Lipinski definition) is 5. The minimum atomic E-state index is 0.628. The van der Waals surface area contributed by atoms with Crippen LogP contribution in [0, 0.1) is 0 Å². The SMILES string of the molecule is Clc1ccc(-c2nnc(-c3ccc(Br)cc3)nc2N2CCNCC2)cc1. The zero-order valence-electron chi connectivity index (χ0n) is 14.0. The van der Waals surface area contributed by atoms with E-state index in [9.17, 15) is 0 Å². The summed E-state index contributed by atoms with van der Waals surface area (Å²) >= 11 is 9.49. The van der Waals surface area contributed by atoms with Gasteiger partial charge in [0.2, 0.25) is 0 Å². The first-order chi connectivity index (χ1) is 12.7. The van der Waals surface area contributed by atoms with Gasteiger partial charge in [-0.2, -0.15) is 0 Å². The van der Waals surface area contributed by atoms with Gasteiger partial charge in [0.15, 0.2) is 11.6 Å². The van der Waals surface area contributed by atoms with Gasteiger partial charge in [0.05, 0.1) is 0 Å². The van der Waals surface area contributed by atoms with E-state index in [-0.39, 0.29) is 0 Å². The third-order valence-corrected chi connectivity index (χ3v) is 5.09. The lowest BCUT2D eigenvalue weighted by Crippen LogP contribution is -2.44. The molecule has 4 rings (SSSR count). The van der Waals surface area contributed by atoms with Crippen LogP contribution in [-0.2, 0) is 0 Å². The van der Waals surface area contributed by atoms with Crippen LogP contribution in [0.4, 0.5) is 5.82 Å². The van der Waals surface area contributed by atoms with Crippen molar-refractivity contribution in [1.29, 1.82) is 0 Å². The van der Waals surface area contributed by atoms with Crippen molar-refractivity contribution in [2.45, 2.75) is 0 Å². The molecule has 0 amide bonds. The first-order valence-corrected chi connectivity index (χ1v) is 9.60. The van der Waals surface area contributed by atoms with Crippen molar-refractivity contribution in [3.8, 4) is 22.6 Å². The van der Waals surface area contributed by atoms with Crippen molar-refractivity contribution in [3.05, 3.63) is 58.0 Å². The van der Waals surface area contributed by atoms with Crippen LogP contribution in [0.2, 0.25) is 5.02 Å². The molecular formula is C19H17BrClN5. The lowest BCUT2D eigenvalue weighted by Gasteiger charge is -2.29. The summed E-state index contributed by atoms with van der Waals surface area (Å²) in [6, 6.07) is 15.6. The highest BCUT2D eigenvalue weighted by atomic mass is 79.9. The number of piperazine rings is 1. The summed E-state index contributed by atoms with van der Waals surface area (Å²) in [6.45, 7) is 3.63. The molecule has 0 atom stereocenters. The van der Waals surface area contributed by atoms with Crippen LogP contribution in [0.1, 0.15) is 0 Å². The molecule has 2 aromatic carbocycles. The van der Waals surface area contributed by atoms with E-state index in [2.05, 4.69) is 36.3 Å². The van der Waals surface area contributed by atoms with Crippen LogP contribution in [0.15, 0.2) is 53.0 Å². The Morgan fingerprint density at radius 2 is 1.54 bits per heavy atom. The molecule has 5 nitrogen and oxygen atoms in total. The number of rotatable bonds is 3. The van der Waals surface area contributed by atoms with E-state index in [0.717, 1.165) is 53.3 Å². The molecule has 132 valence electrons. The summed E-state index contributed by atoms with van der Waals surface area (Å²) in [4.78, 5) is 7.13. The summed E-state index contributed by atoms with van der Waals surface area (Å²) in [6.07, 6.45) is 0. The van der Waals surface area contributed by atoms with Gasteiger partial charge in [-0.15, -0.1) is 10.2 Å². The van der Waals surface area contributed by atoms with Gasteiger partial charge in [0.25, 0.3) is 0 Å². The number of nitrogens with zero attached hydrogens (tertiary/aromatic N) is 4. The molecule has 1 aliphatic rings. The minimum Gasteiger partial charge on any atom is -0.352 e. The van der Waals surface area contributed by atoms with E-state index < -0.39 is 0 Å². The summed E-state index contributed by atoms with van der Waals surface area (Å²) in [5.74, 6) is 1.49. The zero-order chi connectivity index (χ0) is 17.9. The van der Waals surface area contributed by atoms with Gasteiger partial charge < -0.3 is 10.2 Å². The fraction of sp³-hybridized carbons (Fsp3) is 0.211. The summed E-state index contributed by atoms with van der Waals surface area (Å²) in [5.41, 5.74) is 2.69. The van der Waals surface area contributed by atoms with Crippen molar-refractivity contribution < 1.29 is 0 Å². The second-order valence-electron chi connectivity index (χ2n) is 6.06. The number of benzene rings is 2. The van der Waals surface area contributed by atoms with Gasteiger partial charge in [-0.25, -0.2) is 4.98 Å². The predicted molar refractivity (Wildman–Crippen MR) is 108 cm³/mol. The largest absolute Gasteiger partial charge is 0.352 e. The third-order valence-electron chi connectivity index (χ3n) is 4.30. The Balaban J connectivity index is 1.80. The molecule has 1 aromatic heterocycles.